The molecular weight excluding hydrogens is 376 g/mol. The van der Waals surface area contributed by atoms with Gasteiger partial charge in [0.05, 0.1) is 18.4 Å². The van der Waals surface area contributed by atoms with Gasteiger partial charge >= 0.3 is 12.6 Å². The fourth-order valence-electron chi connectivity index (χ4n) is 2.02. The van der Waals surface area contributed by atoms with E-state index in [0.29, 0.717) is 5.82 Å². The zero-order valence-electron chi connectivity index (χ0n) is 13.9. The van der Waals surface area contributed by atoms with Crippen LogP contribution in [0.4, 0.5) is 14.5 Å². The quantitative estimate of drug-likeness (QED) is 0.739. The van der Waals surface area contributed by atoms with Gasteiger partial charge in [0.15, 0.2) is 16.5 Å². The van der Waals surface area contributed by atoms with Crippen LogP contribution in [0.5, 0.6) is 11.5 Å². The number of hydrogen-bond acceptors (Lipinski definition) is 6. The predicted octanol–water partition coefficient (Wildman–Crippen LogP) is 1.84. The normalized spacial score (nSPS) is 11.5. The summed E-state index contributed by atoms with van der Waals surface area (Å²) in [5.41, 5.74) is -0.989. The smallest absolute Gasteiger partial charge is 0.387 e. The number of aromatic nitrogens is 2. The van der Waals surface area contributed by atoms with Crippen molar-refractivity contribution in [2.24, 2.45) is 7.05 Å². The summed E-state index contributed by atoms with van der Waals surface area (Å²) in [6, 6.07) is 1.68. The van der Waals surface area contributed by atoms with Crippen molar-refractivity contribution < 1.29 is 36.6 Å². The lowest BCUT2D eigenvalue weighted by Gasteiger charge is -2.15. The van der Waals surface area contributed by atoms with Crippen molar-refractivity contribution in [1.29, 1.82) is 0 Å². The molecule has 0 radical (unpaired) electrons. The molecular formula is C14H15F2N3O6S. The maximum absolute atomic E-state index is 12.5. The van der Waals surface area contributed by atoms with Gasteiger partial charge in [-0.1, -0.05) is 0 Å². The van der Waals surface area contributed by atoms with Crippen LogP contribution in [0.3, 0.4) is 0 Å². The number of carbonyl (C=O) groups is 1. The molecule has 0 atom stereocenters. The lowest BCUT2D eigenvalue weighted by atomic mass is 10.1. The zero-order valence-corrected chi connectivity index (χ0v) is 14.7. The number of methoxy groups -OCH3 is 1. The maximum Gasteiger partial charge on any atom is 0.387 e. The van der Waals surface area contributed by atoms with Gasteiger partial charge in [0.2, 0.25) is 0 Å². The number of benzene rings is 1. The molecule has 2 N–H and O–H groups in total. The number of sulfonamides is 1. The number of ether oxygens (including phenoxy) is 2. The molecule has 0 saturated heterocycles. The molecule has 12 heteroatoms. The summed E-state index contributed by atoms with van der Waals surface area (Å²) < 4.78 is 62.4. The first-order chi connectivity index (χ1) is 12.0. The summed E-state index contributed by atoms with van der Waals surface area (Å²) in [4.78, 5) is 15.3. The molecule has 142 valence electrons. The molecule has 0 spiro atoms. The fourth-order valence-corrected chi connectivity index (χ4v) is 3.13. The van der Waals surface area contributed by atoms with E-state index in [-0.39, 0.29) is 16.5 Å². The van der Waals surface area contributed by atoms with Crippen LogP contribution >= 0.6 is 0 Å². The standard InChI is InChI=1S/C14H15F2N3O6S/c1-7-17-12(6-19(7)2)26(22,23)18-9-5-10(24-3)11(25-14(15)16)4-8(9)13(20)21/h4-6,14,18H,1-3H3,(H,20,21). The summed E-state index contributed by atoms with van der Waals surface area (Å²) in [5, 5.41) is 8.93. The molecule has 0 fully saturated rings. The first-order valence-electron chi connectivity index (χ1n) is 6.98. The van der Waals surface area contributed by atoms with E-state index in [1.165, 1.54) is 10.8 Å². The van der Waals surface area contributed by atoms with Crippen molar-refractivity contribution in [1.82, 2.24) is 9.55 Å². The highest BCUT2D eigenvalue weighted by Crippen LogP contribution is 2.35. The lowest BCUT2D eigenvalue weighted by molar-refractivity contribution is -0.0512. The van der Waals surface area contributed by atoms with Gasteiger partial charge in [-0.05, 0) is 6.92 Å². The Balaban J connectivity index is 2.52. The number of carboxylic acids is 1. The molecule has 26 heavy (non-hydrogen) atoms. The Morgan fingerprint density at radius 1 is 1.35 bits per heavy atom. The summed E-state index contributed by atoms with van der Waals surface area (Å²) in [6.45, 7) is -1.63. The molecule has 1 aromatic carbocycles. The molecule has 9 nitrogen and oxygen atoms in total. The van der Waals surface area contributed by atoms with Gasteiger partial charge in [-0.3, -0.25) is 4.72 Å². The first-order valence-corrected chi connectivity index (χ1v) is 8.46. The van der Waals surface area contributed by atoms with Crippen LogP contribution in [-0.4, -0.2) is 42.8 Å². The van der Waals surface area contributed by atoms with Gasteiger partial charge < -0.3 is 19.1 Å². The van der Waals surface area contributed by atoms with E-state index >= 15 is 0 Å². The molecule has 0 aliphatic heterocycles. The molecule has 2 rings (SSSR count). The number of aromatic carboxylic acids is 1. The molecule has 0 amide bonds. The zero-order chi connectivity index (χ0) is 19.6. The van der Waals surface area contributed by atoms with E-state index < -0.39 is 33.9 Å². The number of aryl methyl sites for hydroxylation is 2. The Morgan fingerprint density at radius 2 is 2.00 bits per heavy atom. The van der Waals surface area contributed by atoms with Gasteiger partial charge in [0.25, 0.3) is 10.0 Å². The molecule has 1 heterocycles. The molecule has 0 saturated carbocycles. The highest BCUT2D eigenvalue weighted by molar-refractivity contribution is 7.92. The fraction of sp³-hybridized carbons (Fsp3) is 0.286. The average Bonchev–Trinajstić information content (AvgIpc) is 2.87. The van der Waals surface area contributed by atoms with E-state index in [0.717, 1.165) is 19.2 Å². The second kappa shape index (κ2) is 7.15. The van der Waals surface area contributed by atoms with E-state index in [1.54, 1.807) is 14.0 Å². The van der Waals surface area contributed by atoms with Crippen molar-refractivity contribution in [3.63, 3.8) is 0 Å². The number of anilines is 1. The minimum atomic E-state index is -4.22. The Morgan fingerprint density at radius 3 is 2.46 bits per heavy atom. The highest BCUT2D eigenvalue weighted by Gasteiger charge is 2.24. The summed E-state index contributed by atoms with van der Waals surface area (Å²) in [5.74, 6) is -1.95. The number of nitrogens with one attached hydrogen (secondary N) is 1. The average molecular weight is 391 g/mol. The van der Waals surface area contributed by atoms with E-state index in [1.807, 2.05) is 0 Å². The van der Waals surface area contributed by atoms with Crippen LogP contribution in [-0.2, 0) is 17.1 Å². The Kier molecular flexibility index (Phi) is 5.35. The second-order valence-electron chi connectivity index (χ2n) is 5.08. The van der Waals surface area contributed by atoms with Crippen LogP contribution in [0.25, 0.3) is 0 Å². The predicted molar refractivity (Wildman–Crippen MR) is 85.3 cm³/mol. The van der Waals surface area contributed by atoms with Crippen LogP contribution < -0.4 is 14.2 Å². The van der Waals surface area contributed by atoms with Crippen LogP contribution in [0.15, 0.2) is 23.4 Å². The van der Waals surface area contributed by atoms with E-state index in [4.69, 9.17) is 4.74 Å². The topological polar surface area (TPSA) is 120 Å². The maximum atomic E-state index is 12.5. The van der Waals surface area contributed by atoms with Crippen molar-refractivity contribution in [2.75, 3.05) is 11.8 Å². The van der Waals surface area contributed by atoms with E-state index in [9.17, 15) is 27.1 Å². The van der Waals surface area contributed by atoms with Gasteiger partial charge in [-0.2, -0.15) is 17.2 Å². The Labute approximate surface area is 147 Å². The number of hydrogen-bond donors (Lipinski definition) is 2. The van der Waals surface area contributed by atoms with Crippen LogP contribution in [0.1, 0.15) is 16.2 Å². The minimum absolute atomic E-state index is 0.273. The third kappa shape index (κ3) is 4.02. The number of alkyl halides is 2. The number of imidazole rings is 1. The molecule has 2 aromatic rings. The molecule has 0 aliphatic carbocycles. The SMILES string of the molecule is COc1cc(NS(=O)(=O)c2cn(C)c(C)n2)c(C(=O)O)cc1OC(F)F. The largest absolute Gasteiger partial charge is 0.493 e. The molecule has 1 aromatic heterocycles. The highest BCUT2D eigenvalue weighted by atomic mass is 32.2. The lowest BCUT2D eigenvalue weighted by Crippen LogP contribution is -2.16. The number of carboxylic acid groups (broad SMARTS) is 1. The van der Waals surface area contributed by atoms with Crippen molar-refractivity contribution >= 4 is 21.7 Å². The summed E-state index contributed by atoms with van der Waals surface area (Å²) in [6.07, 6.45) is 1.24. The Hall–Kier alpha value is -2.89. The van der Waals surface area contributed by atoms with Gasteiger partial charge in [0, 0.05) is 25.4 Å². The van der Waals surface area contributed by atoms with Gasteiger partial charge in [-0.15, -0.1) is 0 Å². The first kappa shape index (κ1) is 19.4. The number of rotatable bonds is 7. The van der Waals surface area contributed by atoms with Crippen LogP contribution in [0, 0.1) is 6.92 Å². The number of halogens is 2. The minimum Gasteiger partial charge on any atom is -0.493 e. The van der Waals surface area contributed by atoms with E-state index in [2.05, 4.69) is 14.4 Å². The monoisotopic (exact) mass is 391 g/mol. The molecule has 0 bridgehead atoms. The summed E-state index contributed by atoms with van der Waals surface area (Å²) in [7, 11) is -1.50. The molecule has 0 aliphatic rings. The number of nitrogens with zero attached hydrogens (tertiary/aromatic N) is 2. The molecule has 0 unspecified atom stereocenters. The second-order valence-corrected chi connectivity index (χ2v) is 6.70. The third-order valence-corrected chi connectivity index (χ3v) is 4.59. The van der Waals surface area contributed by atoms with Crippen LogP contribution in [0.2, 0.25) is 0 Å². The van der Waals surface area contributed by atoms with Crippen molar-refractivity contribution in [2.45, 2.75) is 18.6 Å². The third-order valence-electron chi connectivity index (χ3n) is 3.36. The Bertz CT molecular complexity index is 923. The summed E-state index contributed by atoms with van der Waals surface area (Å²) >= 11 is 0. The van der Waals surface area contributed by atoms with Crippen molar-refractivity contribution in [3.8, 4) is 11.5 Å². The van der Waals surface area contributed by atoms with Gasteiger partial charge in [0.1, 0.15) is 5.82 Å². The van der Waals surface area contributed by atoms with Gasteiger partial charge in [-0.25, -0.2) is 9.78 Å². The van der Waals surface area contributed by atoms with Crippen molar-refractivity contribution in [3.05, 3.63) is 29.7 Å².